The van der Waals surface area contributed by atoms with Crippen molar-refractivity contribution in [1.82, 2.24) is 20.1 Å². The zero-order valence-electron chi connectivity index (χ0n) is 13.0. The zero-order valence-corrected chi connectivity index (χ0v) is 14.6. The second-order valence-electron chi connectivity index (χ2n) is 6.71. The van der Waals surface area contributed by atoms with Crippen molar-refractivity contribution in [2.24, 2.45) is 18.9 Å². The normalized spacial score (nSPS) is 28.4. The van der Waals surface area contributed by atoms with Gasteiger partial charge in [-0.05, 0) is 58.8 Å². The average Bonchev–Trinajstić information content (AvgIpc) is 3.19. The number of nitrogens with zero attached hydrogens (tertiary/aromatic N) is 3. The van der Waals surface area contributed by atoms with E-state index in [9.17, 15) is 4.79 Å². The van der Waals surface area contributed by atoms with Gasteiger partial charge in [-0.1, -0.05) is 0 Å². The Morgan fingerprint density at radius 3 is 3.09 bits per heavy atom. The molecule has 3 atom stereocenters. The summed E-state index contributed by atoms with van der Waals surface area (Å²) in [5.41, 5.74) is 2.21. The first-order chi connectivity index (χ1) is 11.1. The predicted molar refractivity (Wildman–Crippen MR) is 89.5 cm³/mol. The van der Waals surface area contributed by atoms with Crippen molar-refractivity contribution in [3.8, 4) is 0 Å². The highest BCUT2D eigenvalue weighted by atomic mass is 79.9. The maximum absolute atomic E-state index is 12.8. The van der Waals surface area contributed by atoms with E-state index < -0.39 is 0 Å². The van der Waals surface area contributed by atoms with Crippen molar-refractivity contribution in [3.63, 3.8) is 0 Å². The summed E-state index contributed by atoms with van der Waals surface area (Å²) in [7, 11) is 1.97. The number of aromatic nitrogens is 3. The smallest absolute Gasteiger partial charge is 0.224 e. The van der Waals surface area contributed by atoms with Gasteiger partial charge < -0.3 is 5.32 Å². The van der Waals surface area contributed by atoms with Gasteiger partial charge in [0.15, 0.2) is 0 Å². The third-order valence-electron chi connectivity index (χ3n) is 5.50. The lowest BCUT2D eigenvalue weighted by Crippen LogP contribution is -2.53. The highest BCUT2D eigenvalue weighted by Crippen LogP contribution is 2.63. The van der Waals surface area contributed by atoms with Crippen LogP contribution in [0, 0.1) is 11.8 Å². The molecule has 3 fully saturated rings. The first kappa shape index (κ1) is 14.9. The van der Waals surface area contributed by atoms with Gasteiger partial charge in [0.1, 0.15) is 0 Å². The van der Waals surface area contributed by atoms with Crippen molar-refractivity contribution < 1.29 is 4.79 Å². The minimum atomic E-state index is -0.00444. The van der Waals surface area contributed by atoms with Gasteiger partial charge in [0.05, 0.1) is 5.92 Å². The molecule has 3 aliphatic carbocycles. The summed E-state index contributed by atoms with van der Waals surface area (Å²) in [5, 5.41) is 7.41. The minimum Gasteiger partial charge on any atom is -0.352 e. The van der Waals surface area contributed by atoms with Gasteiger partial charge in [0.2, 0.25) is 5.91 Å². The molecule has 3 unspecified atom stereocenters. The third kappa shape index (κ3) is 2.31. The summed E-state index contributed by atoms with van der Waals surface area (Å²) in [6, 6.07) is 4.06. The van der Waals surface area contributed by atoms with Crippen LogP contribution in [0.15, 0.2) is 35.2 Å². The molecular formula is C17H19BrN4O. The largest absolute Gasteiger partial charge is 0.352 e. The van der Waals surface area contributed by atoms with Gasteiger partial charge in [-0.2, -0.15) is 5.10 Å². The molecule has 2 aromatic rings. The summed E-state index contributed by atoms with van der Waals surface area (Å²) in [4.78, 5) is 16.9. The third-order valence-corrected chi connectivity index (χ3v) is 5.93. The number of nitrogens with one attached hydrogen (secondary N) is 1. The fourth-order valence-electron chi connectivity index (χ4n) is 4.54. The van der Waals surface area contributed by atoms with Crippen LogP contribution < -0.4 is 5.32 Å². The Balaban J connectivity index is 1.50. The quantitative estimate of drug-likeness (QED) is 0.894. The first-order valence-corrected chi connectivity index (χ1v) is 8.75. The number of carbonyl (C=O) groups excluding carboxylic acids is 1. The van der Waals surface area contributed by atoms with Gasteiger partial charge in [0.25, 0.3) is 0 Å². The Labute approximate surface area is 143 Å². The topological polar surface area (TPSA) is 59.8 Å². The molecular weight excluding hydrogens is 356 g/mol. The summed E-state index contributed by atoms with van der Waals surface area (Å²) in [5.74, 6) is 0.767. The highest BCUT2D eigenvalue weighted by Gasteiger charge is 2.63. The lowest BCUT2D eigenvalue weighted by atomic mass is 9.58. The van der Waals surface area contributed by atoms with Crippen LogP contribution in [0.4, 0.5) is 0 Å². The number of pyridine rings is 1. The maximum atomic E-state index is 12.8. The summed E-state index contributed by atoms with van der Waals surface area (Å²) >= 11 is 3.41. The molecule has 3 saturated carbocycles. The fraction of sp³-hybridized carbons (Fsp3) is 0.471. The zero-order chi connectivity index (χ0) is 16.0. The molecule has 1 N–H and O–H groups in total. The molecule has 0 aliphatic heterocycles. The van der Waals surface area contributed by atoms with Gasteiger partial charge in [-0.15, -0.1) is 0 Å². The number of fused-ring (bicyclic) bond motifs is 1. The number of hydrogen-bond acceptors (Lipinski definition) is 3. The Morgan fingerprint density at radius 1 is 1.52 bits per heavy atom. The van der Waals surface area contributed by atoms with Crippen LogP contribution in [0.1, 0.15) is 30.5 Å². The van der Waals surface area contributed by atoms with E-state index in [4.69, 9.17) is 0 Å². The molecule has 5 rings (SSSR count). The van der Waals surface area contributed by atoms with E-state index in [2.05, 4.69) is 37.4 Å². The number of aryl methyl sites for hydroxylation is 1. The number of halogens is 1. The summed E-state index contributed by atoms with van der Waals surface area (Å²) in [6.45, 7) is 0.524. The van der Waals surface area contributed by atoms with E-state index in [1.54, 1.807) is 12.4 Å². The molecule has 0 saturated heterocycles. The standard InChI is InChI=1S/C17H19BrN4O/c1-22-14(3-5-21-22)17-4-2-12(7-17)15(17)16(23)20-9-11-6-13(18)10-19-8-11/h3,5-6,8,10,12,15H,2,4,7,9H2,1H3,(H,20,23). The Hall–Kier alpha value is -1.69. The fourth-order valence-corrected chi connectivity index (χ4v) is 4.96. The van der Waals surface area contributed by atoms with Crippen molar-refractivity contribution in [2.45, 2.75) is 31.2 Å². The monoisotopic (exact) mass is 374 g/mol. The molecule has 1 amide bonds. The van der Waals surface area contributed by atoms with Crippen LogP contribution in [0.5, 0.6) is 0 Å². The van der Waals surface area contributed by atoms with Gasteiger partial charge >= 0.3 is 0 Å². The molecule has 3 aliphatic rings. The first-order valence-electron chi connectivity index (χ1n) is 7.96. The number of rotatable bonds is 4. The maximum Gasteiger partial charge on any atom is 0.224 e. The van der Waals surface area contributed by atoms with E-state index in [0.29, 0.717) is 12.5 Å². The van der Waals surface area contributed by atoms with E-state index in [-0.39, 0.29) is 17.2 Å². The molecule has 6 heteroatoms. The van der Waals surface area contributed by atoms with Crippen LogP contribution in [0.25, 0.3) is 0 Å². The molecule has 0 radical (unpaired) electrons. The second-order valence-corrected chi connectivity index (χ2v) is 7.62. The van der Waals surface area contributed by atoms with E-state index >= 15 is 0 Å². The molecule has 120 valence electrons. The number of hydrogen-bond donors (Lipinski definition) is 1. The highest BCUT2D eigenvalue weighted by molar-refractivity contribution is 9.10. The Kier molecular flexibility index (Phi) is 3.52. The van der Waals surface area contributed by atoms with Crippen molar-refractivity contribution >= 4 is 21.8 Å². The summed E-state index contributed by atoms with van der Waals surface area (Å²) < 4.78 is 2.86. The second kappa shape index (κ2) is 5.44. The molecule has 0 aromatic carbocycles. The molecule has 5 nitrogen and oxygen atoms in total. The molecule has 2 heterocycles. The SMILES string of the molecule is Cn1nccc1C12CCC(C1)C2C(=O)NCc1cncc(Br)c1. The average molecular weight is 375 g/mol. The van der Waals surface area contributed by atoms with Gasteiger partial charge in [-0.3, -0.25) is 14.5 Å². The van der Waals surface area contributed by atoms with Crippen molar-refractivity contribution in [3.05, 3.63) is 46.5 Å². The van der Waals surface area contributed by atoms with E-state index in [0.717, 1.165) is 29.3 Å². The molecule has 2 aromatic heterocycles. The molecule has 0 spiro atoms. The molecule has 23 heavy (non-hydrogen) atoms. The van der Waals surface area contributed by atoms with Crippen LogP contribution in [-0.4, -0.2) is 20.7 Å². The van der Waals surface area contributed by atoms with Gasteiger partial charge in [-0.25, -0.2) is 0 Å². The number of carbonyl (C=O) groups is 1. The predicted octanol–water partition coefficient (Wildman–Crippen LogP) is 2.56. The number of amides is 1. The Bertz CT molecular complexity index is 755. The Morgan fingerprint density at radius 2 is 2.39 bits per heavy atom. The van der Waals surface area contributed by atoms with E-state index in [1.165, 1.54) is 5.69 Å². The van der Waals surface area contributed by atoms with Crippen molar-refractivity contribution in [2.75, 3.05) is 0 Å². The summed E-state index contributed by atoms with van der Waals surface area (Å²) in [6.07, 6.45) is 8.71. The van der Waals surface area contributed by atoms with Crippen LogP contribution in [0.2, 0.25) is 0 Å². The lowest BCUT2D eigenvalue weighted by Gasteiger charge is -2.46. The van der Waals surface area contributed by atoms with Gasteiger partial charge in [0, 0.05) is 47.8 Å². The van der Waals surface area contributed by atoms with Crippen molar-refractivity contribution in [1.29, 1.82) is 0 Å². The van der Waals surface area contributed by atoms with Crippen LogP contribution in [-0.2, 0) is 23.8 Å². The van der Waals surface area contributed by atoms with Crippen LogP contribution >= 0.6 is 15.9 Å². The molecule has 2 bridgehead atoms. The minimum absolute atomic E-state index is 0.00444. The lowest BCUT2D eigenvalue weighted by molar-refractivity contribution is -0.133. The van der Waals surface area contributed by atoms with E-state index in [1.807, 2.05) is 24.0 Å². The van der Waals surface area contributed by atoms with Crippen LogP contribution in [0.3, 0.4) is 0 Å².